The van der Waals surface area contributed by atoms with E-state index in [2.05, 4.69) is 46.4 Å². The summed E-state index contributed by atoms with van der Waals surface area (Å²) in [6.45, 7) is 6.82. The number of aliphatic imine (C=N–C) groups is 1. The van der Waals surface area contributed by atoms with Gasteiger partial charge in [-0.25, -0.2) is 0 Å². The Morgan fingerprint density at radius 1 is 1.38 bits per heavy atom. The summed E-state index contributed by atoms with van der Waals surface area (Å²) >= 11 is 0. The molecule has 0 unspecified atom stereocenters. The lowest BCUT2D eigenvalue weighted by Crippen LogP contribution is -2.46. The van der Waals surface area contributed by atoms with Crippen LogP contribution >= 0.6 is 24.0 Å². The second kappa shape index (κ2) is 10.5. The van der Waals surface area contributed by atoms with Gasteiger partial charge in [-0.15, -0.1) is 24.0 Å². The fourth-order valence-electron chi connectivity index (χ4n) is 2.92. The first-order valence-corrected chi connectivity index (χ1v) is 8.31. The fourth-order valence-corrected chi connectivity index (χ4v) is 2.92. The van der Waals surface area contributed by atoms with Crippen LogP contribution in [0.25, 0.3) is 0 Å². The maximum Gasteiger partial charge on any atom is 0.309 e. The van der Waals surface area contributed by atoms with Crippen molar-refractivity contribution in [2.24, 2.45) is 10.9 Å². The average Bonchev–Trinajstić information content (AvgIpc) is 2.56. The summed E-state index contributed by atoms with van der Waals surface area (Å²) in [7, 11) is 1.80. The van der Waals surface area contributed by atoms with Crippen molar-refractivity contribution in [2.75, 3.05) is 26.7 Å². The maximum atomic E-state index is 11.8. The van der Waals surface area contributed by atoms with Gasteiger partial charge in [-0.3, -0.25) is 9.79 Å². The summed E-state index contributed by atoms with van der Waals surface area (Å²) in [6.07, 6.45) is 1.65. The number of carbonyl (C=O) groups is 1. The highest BCUT2D eigenvalue weighted by Gasteiger charge is 2.27. The van der Waals surface area contributed by atoms with Crippen LogP contribution in [-0.4, -0.2) is 43.6 Å². The lowest BCUT2D eigenvalue weighted by Gasteiger charge is -2.33. The van der Waals surface area contributed by atoms with Gasteiger partial charge in [0.25, 0.3) is 0 Å². The number of likely N-dealkylation sites (tertiary alicyclic amines) is 1. The number of guanidine groups is 1. The van der Waals surface area contributed by atoms with Crippen molar-refractivity contribution in [3.63, 3.8) is 0 Å². The van der Waals surface area contributed by atoms with Crippen LogP contribution in [0.2, 0.25) is 0 Å². The van der Waals surface area contributed by atoms with E-state index in [0.717, 1.165) is 38.4 Å². The Kier molecular flexibility index (Phi) is 9.10. The Balaban J connectivity index is 0.00000288. The Hall–Kier alpha value is -1.31. The Morgan fingerprint density at radius 3 is 2.67 bits per heavy atom. The largest absolute Gasteiger partial charge is 0.466 e. The summed E-state index contributed by atoms with van der Waals surface area (Å²) in [5.74, 6) is 0.866. The average molecular weight is 445 g/mol. The van der Waals surface area contributed by atoms with E-state index in [0.29, 0.717) is 6.61 Å². The zero-order chi connectivity index (χ0) is 16.7. The number of aryl methyl sites for hydroxylation is 1. The summed E-state index contributed by atoms with van der Waals surface area (Å²) in [5.41, 5.74) is 2.50. The van der Waals surface area contributed by atoms with Crippen LogP contribution in [0.4, 0.5) is 0 Å². The molecule has 1 N–H and O–H groups in total. The third-order valence-electron chi connectivity index (χ3n) is 4.16. The van der Waals surface area contributed by atoms with Gasteiger partial charge in [0.2, 0.25) is 0 Å². The molecule has 0 amide bonds. The third kappa shape index (κ3) is 5.96. The van der Waals surface area contributed by atoms with Gasteiger partial charge in [-0.1, -0.05) is 29.8 Å². The lowest BCUT2D eigenvalue weighted by atomic mass is 9.97. The van der Waals surface area contributed by atoms with E-state index in [4.69, 9.17) is 4.74 Å². The minimum absolute atomic E-state index is 0. The molecular formula is C18H28IN3O2. The van der Waals surface area contributed by atoms with Gasteiger partial charge in [-0.05, 0) is 32.3 Å². The topological polar surface area (TPSA) is 53.9 Å². The number of esters is 1. The van der Waals surface area contributed by atoms with Crippen molar-refractivity contribution >= 4 is 35.9 Å². The van der Waals surface area contributed by atoms with Crippen molar-refractivity contribution < 1.29 is 9.53 Å². The van der Waals surface area contributed by atoms with Gasteiger partial charge >= 0.3 is 5.97 Å². The van der Waals surface area contributed by atoms with Crippen LogP contribution in [0, 0.1) is 12.8 Å². The minimum Gasteiger partial charge on any atom is -0.466 e. The molecule has 0 aliphatic carbocycles. The molecule has 1 heterocycles. The van der Waals surface area contributed by atoms with Crippen LogP contribution in [0.3, 0.4) is 0 Å². The highest BCUT2D eigenvalue weighted by molar-refractivity contribution is 14.0. The summed E-state index contributed by atoms with van der Waals surface area (Å²) in [6, 6.07) is 8.45. The van der Waals surface area contributed by atoms with Gasteiger partial charge in [0, 0.05) is 26.7 Å². The van der Waals surface area contributed by atoms with Crippen LogP contribution in [-0.2, 0) is 16.1 Å². The van der Waals surface area contributed by atoms with Crippen LogP contribution < -0.4 is 5.32 Å². The molecule has 5 nitrogen and oxygen atoms in total. The standard InChI is InChI=1S/C18H27N3O2.HI/c1-4-23-17(22)16-8-10-21(11-9-16)18(19-3)20-13-15-7-5-6-14(2)12-15;/h5-7,12,16H,4,8-11,13H2,1-3H3,(H,19,20);1H. The molecule has 24 heavy (non-hydrogen) atoms. The molecule has 1 aromatic rings. The highest BCUT2D eigenvalue weighted by Crippen LogP contribution is 2.18. The first-order chi connectivity index (χ1) is 11.1. The minimum atomic E-state index is -0.0603. The van der Waals surface area contributed by atoms with Crippen molar-refractivity contribution in [3.05, 3.63) is 35.4 Å². The monoisotopic (exact) mass is 445 g/mol. The second-order valence-corrected chi connectivity index (χ2v) is 5.90. The van der Waals surface area contributed by atoms with E-state index in [1.807, 2.05) is 6.92 Å². The van der Waals surface area contributed by atoms with Gasteiger partial charge in [0.05, 0.1) is 12.5 Å². The number of hydrogen-bond donors (Lipinski definition) is 1. The number of piperidine rings is 1. The number of carbonyl (C=O) groups excluding carboxylic acids is 1. The molecule has 0 bridgehead atoms. The quantitative estimate of drug-likeness (QED) is 0.335. The molecule has 0 saturated carbocycles. The van der Waals surface area contributed by atoms with Crippen molar-refractivity contribution in [1.29, 1.82) is 0 Å². The van der Waals surface area contributed by atoms with Gasteiger partial charge in [0.1, 0.15) is 0 Å². The fraction of sp³-hybridized carbons (Fsp3) is 0.556. The SMILES string of the molecule is CCOC(=O)C1CCN(C(=NC)NCc2cccc(C)c2)CC1.I. The first-order valence-electron chi connectivity index (χ1n) is 8.31. The zero-order valence-corrected chi connectivity index (χ0v) is 17.1. The maximum absolute atomic E-state index is 11.8. The Morgan fingerprint density at radius 2 is 2.08 bits per heavy atom. The van der Waals surface area contributed by atoms with E-state index < -0.39 is 0 Å². The molecule has 134 valence electrons. The number of hydrogen-bond acceptors (Lipinski definition) is 3. The number of nitrogens with zero attached hydrogens (tertiary/aromatic N) is 2. The molecule has 0 aromatic heterocycles. The number of benzene rings is 1. The van der Waals surface area contributed by atoms with E-state index in [1.165, 1.54) is 11.1 Å². The van der Waals surface area contributed by atoms with Crippen molar-refractivity contribution in [2.45, 2.75) is 33.2 Å². The number of rotatable bonds is 4. The summed E-state index contributed by atoms with van der Waals surface area (Å²) in [4.78, 5) is 18.4. The number of nitrogens with one attached hydrogen (secondary N) is 1. The van der Waals surface area contributed by atoms with Gasteiger partial charge in [-0.2, -0.15) is 0 Å². The molecule has 0 atom stereocenters. The predicted octanol–water partition coefficient (Wildman–Crippen LogP) is 2.96. The van der Waals surface area contributed by atoms with Gasteiger partial charge in [0.15, 0.2) is 5.96 Å². The normalized spacial score (nSPS) is 15.6. The van der Waals surface area contributed by atoms with Crippen LogP contribution in [0.5, 0.6) is 0 Å². The first kappa shape index (κ1) is 20.7. The predicted molar refractivity (Wildman–Crippen MR) is 108 cm³/mol. The summed E-state index contributed by atoms with van der Waals surface area (Å²) in [5, 5.41) is 3.41. The van der Waals surface area contributed by atoms with E-state index in [1.54, 1.807) is 7.05 Å². The van der Waals surface area contributed by atoms with Crippen LogP contribution in [0.15, 0.2) is 29.3 Å². The molecule has 1 fully saturated rings. The molecule has 1 aromatic carbocycles. The zero-order valence-electron chi connectivity index (χ0n) is 14.7. The third-order valence-corrected chi connectivity index (χ3v) is 4.16. The van der Waals surface area contributed by atoms with Gasteiger partial charge < -0.3 is 15.0 Å². The second-order valence-electron chi connectivity index (χ2n) is 5.90. The molecular weight excluding hydrogens is 417 g/mol. The highest BCUT2D eigenvalue weighted by atomic mass is 127. The lowest BCUT2D eigenvalue weighted by molar-refractivity contribution is -0.149. The molecule has 0 spiro atoms. The Bertz CT molecular complexity index is 555. The summed E-state index contributed by atoms with van der Waals surface area (Å²) < 4.78 is 5.12. The molecule has 1 aliphatic rings. The smallest absolute Gasteiger partial charge is 0.309 e. The molecule has 2 rings (SSSR count). The van der Waals surface area contributed by atoms with E-state index >= 15 is 0 Å². The molecule has 1 saturated heterocycles. The number of halogens is 1. The van der Waals surface area contributed by atoms with Crippen molar-refractivity contribution in [1.82, 2.24) is 10.2 Å². The number of ether oxygens (including phenoxy) is 1. The molecule has 0 radical (unpaired) electrons. The van der Waals surface area contributed by atoms with Crippen LogP contribution in [0.1, 0.15) is 30.9 Å². The molecule has 1 aliphatic heterocycles. The Labute approximate surface area is 161 Å². The van der Waals surface area contributed by atoms with Crippen molar-refractivity contribution in [3.8, 4) is 0 Å². The van der Waals surface area contributed by atoms with E-state index in [9.17, 15) is 4.79 Å². The van der Waals surface area contributed by atoms with E-state index in [-0.39, 0.29) is 35.9 Å². The molecule has 6 heteroatoms.